The molecule has 1 aliphatic rings. The van der Waals surface area contributed by atoms with Crippen LogP contribution in [0.25, 0.3) is 0 Å². The normalized spacial score (nSPS) is 15.7. The highest BCUT2D eigenvalue weighted by Gasteiger charge is 2.23. The van der Waals surface area contributed by atoms with E-state index in [0.29, 0.717) is 31.5 Å². The second-order valence-corrected chi connectivity index (χ2v) is 6.82. The molecule has 1 aromatic rings. The Bertz CT molecular complexity index is 548. The van der Waals surface area contributed by atoms with Crippen LogP contribution in [0.4, 0.5) is 5.95 Å². The molecule has 23 heavy (non-hydrogen) atoms. The minimum atomic E-state index is -0.0521. The van der Waals surface area contributed by atoms with Gasteiger partial charge in [-0.2, -0.15) is 4.98 Å². The third kappa shape index (κ3) is 5.06. The monoisotopic (exact) mass is 321 g/mol. The average molecular weight is 321 g/mol. The van der Waals surface area contributed by atoms with Crippen LogP contribution in [0.15, 0.2) is 6.07 Å². The molecular formula is C16H27N5O2. The maximum absolute atomic E-state index is 12.2. The fourth-order valence-electron chi connectivity index (χ4n) is 2.38. The lowest BCUT2D eigenvalue weighted by Gasteiger charge is -2.35. The lowest BCUT2D eigenvalue weighted by Crippen LogP contribution is -2.52. The third-order valence-electron chi connectivity index (χ3n) is 3.71. The van der Waals surface area contributed by atoms with E-state index < -0.39 is 0 Å². The van der Waals surface area contributed by atoms with Crippen molar-refractivity contribution in [3.63, 3.8) is 0 Å². The lowest BCUT2D eigenvalue weighted by molar-refractivity contribution is -0.130. The number of aryl methyl sites for hydroxylation is 1. The minimum absolute atomic E-state index is 0.0521. The number of ether oxygens (including phenoxy) is 1. The predicted octanol–water partition coefficient (Wildman–Crippen LogP) is 0.830. The quantitative estimate of drug-likeness (QED) is 0.886. The Labute approximate surface area is 138 Å². The first kappa shape index (κ1) is 17.5. The number of aromatic nitrogens is 2. The average Bonchev–Trinajstić information content (AvgIpc) is 2.51. The molecule has 1 saturated heterocycles. The number of piperazine rings is 1. The summed E-state index contributed by atoms with van der Waals surface area (Å²) in [5, 5.41) is 3.24. The first-order valence-corrected chi connectivity index (χ1v) is 7.96. The smallest absolute Gasteiger partial charge is 0.236 e. The van der Waals surface area contributed by atoms with E-state index in [4.69, 9.17) is 4.74 Å². The van der Waals surface area contributed by atoms with E-state index in [1.165, 1.54) is 0 Å². The molecule has 0 radical (unpaired) electrons. The van der Waals surface area contributed by atoms with Gasteiger partial charge in [-0.15, -0.1) is 0 Å². The van der Waals surface area contributed by atoms with Crippen molar-refractivity contribution in [1.29, 1.82) is 0 Å². The summed E-state index contributed by atoms with van der Waals surface area (Å²) >= 11 is 0. The highest BCUT2D eigenvalue weighted by Crippen LogP contribution is 2.16. The van der Waals surface area contributed by atoms with Crippen molar-refractivity contribution in [1.82, 2.24) is 20.2 Å². The zero-order valence-corrected chi connectivity index (χ0v) is 14.7. The molecule has 1 aliphatic heterocycles. The molecule has 128 valence electrons. The Kier molecular flexibility index (Phi) is 5.41. The van der Waals surface area contributed by atoms with Gasteiger partial charge >= 0.3 is 0 Å². The first-order chi connectivity index (χ1) is 10.8. The van der Waals surface area contributed by atoms with Gasteiger partial charge < -0.3 is 19.9 Å². The number of amides is 1. The minimum Gasteiger partial charge on any atom is -0.481 e. The van der Waals surface area contributed by atoms with Gasteiger partial charge in [-0.25, -0.2) is 4.98 Å². The van der Waals surface area contributed by atoms with Crippen LogP contribution in [-0.4, -0.2) is 66.1 Å². The maximum Gasteiger partial charge on any atom is 0.236 e. The highest BCUT2D eigenvalue weighted by atomic mass is 16.5. The molecule has 2 heterocycles. The first-order valence-electron chi connectivity index (χ1n) is 7.96. The van der Waals surface area contributed by atoms with Crippen LogP contribution in [0.2, 0.25) is 0 Å². The van der Waals surface area contributed by atoms with E-state index in [1.807, 2.05) is 11.8 Å². The van der Waals surface area contributed by atoms with Crippen molar-refractivity contribution in [2.45, 2.75) is 33.2 Å². The third-order valence-corrected chi connectivity index (χ3v) is 3.71. The van der Waals surface area contributed by atoms with Gasteiger partial charge in [0.2, 0.25) is 17.7 Å². The number of carbonyl (C=O) groups excluding carboxylic acids is 1. The lowest BCUT2D eigenvalue weighted by atomic mass is 10.1. The van der Waals surface area contributed by atoms with Crippen molar-refractivity contribution in [2.24, 2.45) is 0 Å². The van der Waals surface area contributed by atoms with Gasteiger partial charge in [0.05, 0.1) is 13.7 Å². The van der Waals surface area contributed by atoms with Crippen LogP contribution >= 0.6 is 0 Å². The van der Waals surface area contributed by atoms with Gasteiger partial charge in [0.25, 0.3) is 0 Å². The summed E-state index contributed by atoms with van der Waals surface area (Å²) in [4.78, 5) is 25.1. The Morgan fingerprint density at radius 2 is 1.91 bits per heavy atom. The summed E-state index contributed by atoms with van der Waals surface area (Å²) < 4.78 is 5.20. The zero-order valence-electron chi connectivity index (χ0n) is 14.7. The number of hydrogen-bond donors (Lipinski definition) is 1. The number of hydrogen-bond acceptors (Lipinski definition) is 6. The van der Waals surface area contributed by atoms with Crippen LogP contribution in [0.1, 0.15) is 26.5 Å². The molecule has 0 aliphatic carbocycles. The molecule has 1 N–H and O–H groups in total. The molecule has 7 nitrogen and oxygen atoms in total. The van der Waals surface area contributed by atoms with Crippen LogP contribution < -0.4 is 15.0 Å². The van der Waals surface area contributed by atoms with Gasteiger partial charge in [-0.3, -0.25) is 4.79 Å². The predicted molar refractivity (Wildman–Crippen MR) is 89.9 cm³/mol. The maximum atomic E-state index is 12.2. The summed E-state index contributed by atoms with van der Waals surface area (Å²) in [6.07, 6.45) is 0. The van der Waals surface area contributed by atoms with E-state index in [-0.39, 0.29) is 11.4 Å². The fourth-order valence-corrected chi connectivity index (χ4v) is 2.38. The largest absolute Gasteiger partial charge is 0.481 e. The van der Waals surface area contributed by atoms with Crippen LogP contribution in [0.3, 0.4) is 0 Å². The second kappa shape index (κ2) is 7.12. The molecule has 0 atom stereocenters. The molecule has 0 spiro atoms. The van der Waals surface area contributed by atoms with Crippen molar-refractivity contribution >= 4 is 11.9 Å². The Morgan fingerprint density at radius 1 is 1.26 bits per heavy atom. The Balaban J connectivity index is 1.91. The molecule has 0 unspecified atom stereocenters. The van der Waals surface area contributed by atoms with Crippen molar-refractivity contribution < 1.29 is 9.53 Å². The molecule has 0 aromatic carbocycles. The van der Waals surface area contributed by atoms with Gasteiger partial charge in [0.1, 0.15) is 0 Å². The summed E-state index contributed by atoms with van der Waals surface area (Å²) in [5.41, 5.74) is 0.823. The SMILES string of the molecule is COc1cc(C)nc(N2CCN(C(=O)CNC(C)(C)C)CC2)n1. The van der Waals surface area contributed by atoms with Gasteiger partial charge in [-0.1, -0.05) is 0 Å². The van der Waals surface area contributed by atoms with E-state index in [9.17, 15) is 4.79 Å². The standard InChI is InChI=1S/C16H27N5O2/c1-12-10-13(23-5)19-15(18-12)21-8-6-20(7-9-21)14(22)11-17-16(2,3)4/h10,17H,6-9,11H2,1-5H3. The molecule has 7 heteroatoms. The molecule has 2 rings (SSSR count). The van der Waals surface area contributed by atoms with Gasteiger partial charge in [-0.05, 0) is 27.7 Å². The van der Waals surface area contributed by atoms with Crippen molar-refractivity contribution in [3.8, 4) is 5.88 Å². The van der Waals surface area contributed by atoms with E-state index in [1.54, 1.807) is 13.2 Å². The van der Waals surface area contributed by atoms with Crippen LogP contribution in [-0.2, 0) is 4.79 Å². The number of anilines is 1. The van der Waals surface area contributed by atoms with E-state index in [2.05, 4.69) is 41.0 Å². The fraction of sp³-hybridized carbons (Fsp3) is 0.688. The number of nitrogens with one attached hydrogen (secondary N) is 1. The molecule has 1 amide bonds. The topological polar surface area (TPSA) is 70.6 Å². The van der Waals surface area contributed by atoms with Crippen LogP contribution in [0.5, 0.6) is 5.88 Å². The zero-order chi connectivity index (χ0) is 17.0. The summed E-state index contributed by atoms with van der Waals surface area (Å²) in [6.45, 7) is 11.3. The summed E-state index contributed by atoms with van der Waals surface area (Å²) in [7, 11) is 1.60. The Morgan fingerprint density at radius 3 is 2.48 bits per heavy atom. The molecule has 1 fully saturated rings. The second-order valence-electron chi connectivity index (χ2n) is 6.82. The van der Waals surface area contributed by atoms with Crippen LogP contribution in [0, 0.1) is 6.92 Å². The van der Waals surface area contributed by atoms with E-state index in [0.717, 1.165) is 18.8 Å². The Hall–Kier alpha value is -1.89. The molecule has 0 saturated carbocycles. The summed E-state index contributed by atoms with van der Waals surface area (Å²) in [5.74, 6) is 1.38. The number of nitrogens with zero attached hydrogens (tertiary/aromatic N) is 4. The van der Waals surface area contributed by atoms with Crippen molar-refractivity contribution in [2.75, 3.05) is 44.7 Å². The molecule has 0 bridgehead atoms. The number of methoxy groups -OCH3 is 1. The van der Waals surface area contributed by atoms with E-state index >= 15 is 0 Å². The number of carbonyl (C=O) groups is 1. The molecule has 1 aromatic heterocycles. The van der Waals surface area contributed by atoms with Crippen molar-refractivity contribution in [3.05, 3.63) is 11.8 Å². The number of rotatable bonds is 4. The van der Waals surface area contributed by atoms with Gasteiger partial charge in [0.15, 0.2) is 0 Å². The highest BCUT2D eigenvalue weighted by molar-refractivity contribution is 5.78. The van der Waals surface area contributed by atoms with Gasteiger partial charge in [0, 0.05) is 43.5 Å². The molecular weight excluding hydrogens is 294 g/mol. The summed E-state index contributed by atoms with van der Waals surface area (Å²) in [6, 6.07) is 1.81.